The summed E-state index contributed by atoms with van der Waals surface area (Å²) in [6.45, 7) is 5.34. The molecule has 4 heteroatoms. The Morgan fingerprint density at radius 3 is 2.70 bits per heavy atom. The van der Waals surface area contributed by atoms with Crippen molar-refractivity contribution in [2.24, 2.45) is 9.98 Å². The SMILES string of the molecule is CN=C1NC=NC2C1=C(c1ccccc1)CN2C(C)C. The lowest BCUT2D eigenvalue weighted by Gasteiger charge is -2.29. The van der Waals surface area contributed by atoms with Gasteiger partial charge in [0.25, 0.3) is 0 Å². The van der Waals surface area contributed by atoms with Crippen LogP contribution in [-0.2, 0) is 0 Å². The fourth-order valence-electron chi connectivity index (χ4n) is 2.88. The largest absolute Gasteiger partial charge is 0.331 e. The van der Waals surface area contributed by atoms with Gasteiger partial charge in [-0.1, -0.05) is 30.3 Å². The molecule has 0 amide bonds. The van der Waals surface area contributed by atoms with E-state index in [1.165, 1.54) is 16.7 Å². The number of amidine groups is 1. The van der Waals surface area contributed by atoms with Gasteiger partial charge in [-0.25, -0.2) is 0 Å². The van der Waals surface area contributed by atoms with Gasteiger partial charge in [-0.2, -0.15) is 0 Å². The van der Waals surface area contributed by atoms with Crippen LogP contribution in [0.25, 0.3) is 5.57 Å². The molecule has 4 nitrogen and oxygen atoms in total. The lowest BCUT2D eigenvalue weighted by Crippen LogP contribution is -2.43. The summed E-state index contributed by atoms with van der Waals surface area (Å²) in [6, 6.07) is 11.0. The number of aliphatic imine (C=N–C) groups is 2. The van der Waals surface area contributed by atoms with Crippen molar-refractivity contribution in [2.45, 2.75) is 26.1 Å². The van der Waals surface area contributed by atoms with Gasteiger partial charge in [-0.05, 0) is 25.0 Å². The molecule has 0 spiro atoms. The summed E-state index contributed by atoms with van der Waals surface area (Å²) in [4.78, 5) is 11.4. The van der Waals surface area contributed by atoms with Gasteiger partial charge in [0.15, 0.2) is 0 Å². The summed E-state index contributed by atoms with van der Waals surface area (Å²) in [7, 11) is 1.83. The number of nitrogens with one attached hydrogen (secondary N) is 1. The van der Waals surface area contributed by atoms with Gasteiger partial charge in [0.2, 0.25) is 0 Å². The van der Waals surface area contributed by atoms with E-state index in [9.17, 15) is 0 Å². The Balaban J connectivity index is 2.12. The first-order valence-corrected chi connectivity index (χ1v) is 7.02. The summed E-state index contributed by atoms with van der Waals surface area (Å²) < 4.78 is 0. The molecule has 3 rings (SSSR count). The predicted molar refractivity (Wildman–Crippen MR) is 84.0 cm³/mol. The van der Waals surface area contributed by atoms with Crippen molar-refractivity contribution in [3.63, 3.8) is 0 Å². The molecule has 2 aliphatic rings. The highest BCUT2D eigenvalue weighted by Gasteiger charge is 2.38. The summed E-state index contributed by atoms with van der Waals surface area (Å²) in [6.07, 6.45) is 1.85. The topological polar surface area (TPSA) is 40.0 Å². The second-order valence-electron chi connectivity index (χ2n) is 5.39. The van der Waals surface area contributed by atoms with Crippen LogP contribution in [0.15, 0.2) is 45.9 Å². The lowest BCUT2D eigenvalue weighted by molar-refractivity contribution is 0.222. The van der Waals surface area contributed by atoms with E-state index in [1.807, 2.05) is 13.1 Å². The van der Waals surface area contributed by atoms with Crippen LogP contribution in [0.1, 0.15) is 19.4 Å². The van der Waals surface area contributed by atoms with Crippen molar-refractivity contribution in [2.75, 3.05) is 13.6 Å². The van der Waals surface area contributed by atoms with E-state index < -0.39 is 0 Å². The van der Waals surface area contributed by atoms with E-state index in [1.54, 1.807) is 6.34 Å². The zero-order valence-electron chi connectivity index (χ0n) is 12.2. The molecule has 1 aromatic rings. The molecule has 0 aliphatic carbocycles. The maximum Gasteiger partial charge on any atom is 0.134 e. The first-order valence-electron chi connectivity index (χ1n) is 7.02. The summed E-state index contributed by atoms with van der Waals surface area (Å²) >= 11 is 0. The van der Waals surface area contributed by atoms with Crippen LogP contribution in [0.2, 0.25) is 0 Å². The van der Waals surface area contributed by atoms with Crippen molar-refractivity contribution in [1.82, 2.24) is 10.2 Å². The van der Waals surface area contributed by atoms with Crippen LogP contribution in [0.5, 0.6) is 0 Å². The Morgan fingerprint density at radius 2 is 2.05 bits per heavy atom. The molecule has 20 heavy (non-hydrogen) atoms. The van der Waals surface area contributed by atoms with Crippen LogP contribution in [-0.4, -0.2) is 42.9 Å². The Kier molecular flexibility index (Phi) is 3.40. The number of hydrogen-bond donors (Lipinski definition) is 1. The molecule has 0 saturated heterocycles. The van der Waals surface area contributed by atoms with E-state index in [0.29, 0.717) is 6.04 Å². The van der Waals surface area contributed by atoms with Crippen LogP contribution < -0.4 is 5.32 Å². The third kappa shape index (κ3) is 2.06. The van der Waals surface area contributed by atoms with Crippen molar-refractivity contribution < 1.29 is 0 Å². The quantitative estimate of drug-likeness (QED) is 0.892. The minimum Gasteiger partial charge on any atom is -0.331 e. The number of fused-ring (bicyclic) bond motifs is 1. The van der Waals surface area contributed by atoms with Gasteiger partial charge in [-0.3, -0.25) is 14.9 Å². The van der Waals surface area contributed by atoms with Gasteiger partial charge in [-0.15, -0.1) is 0 Å². The van der Waals surface area contributed by atoms with E-state index in [-0.39, 0.29) is 6.17 Å². The van der Waals surface area contributed by atoms with Crippen molar-refractivity contribution >= 4 is 17.7 Å². The van der Waals surface area contributed by atoms with Crippen molar-refractivity contribution in [3.8, 4) is 0 Å². The highest BCUT2D eigenvalue weighted by molar-refractivity contribution is 6.12. The molecule has 1 N–H and O–H groups in total. The van der Waals surface area contributed by atoms with Gasteiger partial charge < -0.3 is 5.32 Å². The second-order valence-corrected chi connectivity index (χ2v) is 5.39. The average Bonchev–Trinajstić information content (AvgIpc) is 2.88. The second kappa shape index (κ2) is 5.21. The minimum absolute atomic E-state index is 0.0881. The van der Waals surface area contributed by atoms with E-state index in [0.717, 1.165) is 12.4 Å². The zero-order chi connectivity index (χ0) is 14.1. The van der Waals surface area contributed by atoms with E-state index in [4.69, 9.17) is 0 Å². The summed E-state index contributed by atoms with van der Waals surface area (Å²) in [5, 5.41) is 3.17. The van der Waals surface area contributed by atoms with Crippen LogP contribution in [0.3, 0.4) is 0 Å². The maximum absolute atomic E-state index is 4.62. The molecule has 0 saturated carbocycles. The standard InChI is InChI=1S/C16H20N4/c1-11(2)20-9-13(12-7-5-4-6-8-12)14-15(17-3)18-10-19-16(14)20/h4-8,10-11,16H,9H2,1-3H3,(H,17,18,19). The first kappa shape index (κ1) is 13.1. The Bertz CT molecular complexity index is 584. The molecule has 1 unspecified atom stereocenters. The van der Waals surface area contributed by atoms with Gasteiger partial charge in [0, 0.05) is 25.2 Å². The third-order valence-corrected chi connectivity index (χ3v) is 3.92. The van der Waals surface area contributed by atoms with Crippen LogP contribution in [0, 0.1) is 0 Å². The predicted octanol–water partition coefficient (Wildman–Crippen LogP) is 2.15. The smallest absolute Gasteiger partial charge is 0.134 e. The van der Waals surface area contributed by atoms with Crippen LogP contribution in [0.4, 0.5) is 0 Å². The molecule has 104 valence electrons. The molecule has 0 bridgehead atoms. The highest BCUT2D eigenvalue weighted by atomic mass is 15.3. The number of hydrogen-bond acceptors (Lipinski definition) is 3. The van der Waals surface area contributed by atoms with Gasteiger partial charge in [0.05, 0.1) is 6.34 Å². The monoisotopic (exact) mass is 268 g/mol. The summed E-state index contributed by atoms with van der Waals surface area (Å²) in [5.74, 6) is 0.937. The molecular formula is C16H20N4. The highest BCUT2D eigenvalue weighted by Crippen LogP contribution is 2.35. The Morgan fingerprint density at radius 1 is 1.30 bits per heavy atom. The molecule has 2 aliphatic heterocycles. The van der Waals surface area contributed by atoms with Gasteiger partial charge >= 0.3 is 0 Å². The number of nitrogens with zero attached hydrogens (tertiary/aromatic N) is 3. The summed E-state index contributed by atoms with van der Waals surface area (Å²) in [5.41, 5.74) is 3.81. The molecule has 1 aromatic carbocycles. The Labute approximate surface area is 119 Å². The van der Waals surface area contributed by atoms with E-state index >= 15 is 0 Å². The number of rotatable bonds is 2. The van der Waals surface area contributed by atoms with Crippen LogP contribution >= 0.6 is 0 Å². The fourth-order valence-corrected chi connectivity index (χ4v) is 2.88. The minimum atomic E-state index is 0.0881. The van der Waals surface area contributed by atoms with E-state index in [2.05, 4.69) is 58.3 Å². The first-order chi connectivity index (χ1) is 9.72. The maximum atomic E-state index is 4.62. The third-order valence-electron chi connectivity index (χ3n) is 3.92. The Hall–Kier alpha value is -1.94. The van der Waals surface area contributed by atoms with Gasteiger partial charge in [0.1, 0.15) is 12.0 Å². The molecule has 0 radical (unpaired) electrons. The average molecular weight is 268 g/mol. The molecule has 2 heterocycles. The van der Waals surface area contributed by atoms with Crippen molar-refractivity contribution in [1.29, 1.82) is 0 Å². The molecule has 0 fully saturated rings. The van der Waals surface area contributed by atoms with Crippen molar-refractivity contribution in [3.05, 3.63) is 41.5 Å². The zero-order valence-corrected chi connectivity index (χ0v) is 12.2. The number of benzene rings is 1. The molecule has 0 aromatic heterocycles. The lowest BCUT2D eigenvalue weighted by atomic mass is 10.00. The molecule has 1 atom stereocenters. The normalized spacial score (nSPS) is 24.4. The fraction of sp³-hybridized carbons (Fsp3) is 0.375. The molecular weight excluding hydrogens is 248 g/mol.